The number of aryl methyl sites for hydroxylation is 1. The quantitative estimate of drug-likeness (QED) is 0.807. The van der Waals surface area contributed by atoms with Crippen LogP contribution in [0.3, 0.4) is 0 Å². The Bertz CT molecular complexity index is 929. The number of likely N-dealkylation sites (N-methyl/N-ethyl adjacent to an activating group) is 1. The lowest BCUT2D eigenvalue weighted by molar-refractivity contribution is -0.134. The minimum absolute atomic E-state index is 0.333. The molecular formula is C21H23N3O4. The van der Waals surface area contributed by atoms with Crippen LogP contribution in [0.2, 0.25) is 0 Å². The number of methoxy groups -OCH3 is 1. The molecule has 0 radical (unpaired) electrons. The number of rotatable bonds is 5. The van der Waals surface area contributed by atoms with Crippen molar-refractivity contribution in [2.24, 2.45) is 0 Å². The van der Waals surface area contributed by atoms with Crippen molar-refractivity contribution in [2.45, 2.75) is 19.4 Å². The molecule has 7 nitrogen and oxygen atoms in total. The number of carbonyl (C=O) groups excluding carboxylic acids is 3. The molecule has 2 aromatic rings. The molecule has 0 bridgehead atoms. The molecule has 1 N–H and O–H groups in total. The smallest absolute Gasteiger partial charge is 0.325 e. The largest absolute Gasteiger partial charge is 0.496 e. The Labute approximate surface area is 163 Å². The normalized spacial score (nSPS) is 18.8. The number of nitrogens with one attached hydrogen (secondary N) is 1. The van der Waals surface area contributed by atoms with Crippen LogP contribution in [0.4, 0.5) is 10.5 Å². The SMILES string of the molecule is COc1ccc(C2(C)NC(=O)N(CC(=O)N(C)c3ccccc3)C2=O)cc1C. The zero-order chi connectivity index (χ0) is 20.5. The number of carbonyl (C=O) groups is 3. The van der Waals surface area contributed by atoms with Gasteiger partial charge in [0.2, 0.25) is 5.91 Å². The highest BCUT2D eigenvalue weighted by atomic mass is 16.5. The number of amides is 4. The van der Waals surface area contributed by atoms with E-state index in [-0.39, 0.29) is 12.5 Å². The Morgan fingerprint density at radius 2 is 1.86 bits per heavy atom. The van der Waals surface area contributed by atoms with Gasteiger partial charge in [-0.25, -0.2) is 4.79 Å². The van der Waals surface area contributed by atoms with E-state index < -0.39 is 17.5 Å². The third-order valence-electron chi connectivity index (χ3n) is 5.06. The van der Waals surface area contributed by atoms with Crippen LogP contribution in [-0.4, -0.2) is 43.4 Å². The first-order valence-electron chi connectivity index (χ1n) is 8.88. The number of para-hydroxylation sites is 1. The molecule has 7 heteroatoms. The summed E-state index contributed by atoms with van der Waals surface area (Å²) in [5, 5.41) is 2.72. The third kappa shape index (κ3) is 3.31. The zero-order valence-electron chi connectivity index (χ0n) is 16.4. The summed E-state index contributed by atoms with van der Waals surface area (Å²) in [7, 11) is 3.19. The Balaban J connectivity index is 1.81. The van der Waals surface area contributed by atoms with Gasteiger partial charge in [-0.3, -0.25) is 14.5 Å². The summed E-state index contributed by atoms with van der Waals surface area (Å²) in [5.74, 6) is -0.123. The maximum atomic E-state index is 13.0. The fraction of sp³-hybridized carbons (Fsp3) is 0.286. The number of ether oxygens (including phenoxy) is 1. The molecule has 28 heavy (non-hydrogen) atoms. The van der Waals surface area contributed by atoms with Crippen molar-refractivity contribution >= 4 is 23.5 Å². The van der Waals surface area contributed by atoms with Gasteiger partial charge in [0.15, 0.2) is 0 Å². The Kier molecular flexibility index (Phi) is 5.09. The monoisotopic (exact) mass is 381 g/mol. The van der Waals surface area contributed by atoms with Gasteiger partial charge < -0.3 is 15.0 Å². The molecule has 1 atom stereocenters. The highest BCUT2D eigenvalue weighted by Gasteiger charge is 2.49. The molecule has 1 unspecified atom stereocenters. The molecule has 1 aliphatic rings. The van der Waals surface area contributed by atoms with E-state index in [1.165, 1.54) is 4.90 Å². The van der Waals surface area contributed by atoms with Gasteiger partial charge in [0.05, 0.1) is 7.11 Å². The Morgan fingerprint density at radius 1 is 1.18 bits per heavy atom. The highest BCUT2D eigenvalue weighted by molar-refractivity contribution is 6.10. The highest BCUT2D eigenvalue weighted by Crippen LogP contribution is 2.31. The molecule has 0 aliphatic carbocycles. The predicted octanol–water partition coefficient (Wildman–Crippen LogP) is 2.43. The number of benzene rings is 2. The van der Waals surface area contributed by atoms with E-state index in [4.69, 9.17) is 4.74 Å². The van der Waals surface area contributed by atoms with Crippen LogP contribution in [-0.2, 0) is 15.1 Å². The van der Waals surface area contributed by atoms with E-state index in [0.717, 1.165) is 10.5 Å². The topological polar surface area (TPSA) is 79.0 Å². The van der Waals surface area contributed by atoms with Crippen molar-refractivity contribution in [3.8, 4) is 5.75 Å². The summed E-state index contributed by atoms with van der Waals surface area (Å²) in [6.07, 6.45) is 0. The van der Waals surface area contributed by atoms with Crippen molar-refractivity contribution in [3.05, 3.63) is 59.7 Å². The van der Waals surface area contributed by atoms with Crippen molar-refractivity contribution in [1.82, 2.24) is 10.2 Å². The summed E-state index contributed by atoms with van der Waals surface area (Å²) >= 11 is 0. The summed E-state index contributed by atoms with van der Waals surface area (Å²) in [4.78, 5) is 40.5. The summed E-state index contributed by atoms with van der Waals surface area (Å²) in [6.45, 7) is 3.17. The Hall–Kier alpha value is -3.35. The molecule has 3 rings (SSSR count). The van der Waals surface area contributed by atoms with Gasteiger partial charge >= 0.3 is 6.03 Å². The fourth-order valence-corrected chi connectivity index (χ4v) is 3.26. The van der Waals surface area contributed by atoms with Crippen LogP contribution < -0.4 is 15.0 Å². The second kappa shape index (κ2) is 7.34. The van der Waals surface area contributed by atoms with Crippen LogP contribution in [0.15, 0.2) is 48.5 Å². The summed E-state index contributed by atoms with van der Waals surface area (Å²) < 4.78 is 5.25. The molecule has 0 spiro atoms. The number of hydrogen-bond acceptors (Lipinski definition) is 4. The van der Waals surface area contributed by atoms with Gasteiger partial charge in [-0.2, -0.15) is 0 Å². The third-order valence-corrected chi connectivity index (χ3v) is 5.06. The second-order valence-corrected chi connectivity index (χ2v) is 6.92. The van der Waals surface area contributed by atoms with E-state index in [1.54, 1.807) is 51.4 Å². The Morgan fingerprint density at radius 3 is 2.46 bits per heavy atom. The molecule has 0 saturated carbocycles. The van der Waals surface area contributed by atoms with Crippen LogP contribution in [0.25, 0.3) is 0 Å². The lowest BCUT2D eigenvalue weighted by Crippen LogP contribution is -2.43. The van der Waals surface area contributed by atoms with Crippen molar-refractivity contribution in [2.75, 3.05) is 25.6 Å². The summed E-state index contributed by atoms with van der Waals surface area (Å²) in [5.41, 5.74) is 0.935. The van der Waals surface area contributed by atoms with Gasteiger partial charge in [-0.15, -0.1) is 0 Å². The standard InChI is InChI=1S/C21H23N3O4/c1-14-12-15(10-11-17(14)28-4)21(2)19(26)24(20(27)22-21)13-18(25)23(3)16-8-6-5-7-9-16/h5-12H,13H2,1-4H3,(H,22,27). The summed E-state index contributed by atoms with van der Waals surface area (Å²) in [6, 6.07) is 13.8. The van der Waals surface area contributed by atoms with Gasteiger partial charge in [0, 0.05) is 12.7 Å². The van der Waals surface area contributed by atoms with E-state index >= 15 is 0 Å². The minimum atomic E-state index is -1.24. The molecule has 146 valence electrons. The number of hydrogen-bond donors (Lipinski definition) is 1. The lowest BCUT2D eigenvalue weighted by Gasteiger charge is -2.24. The first-order valence-corrected chi connectivity index (χ1v) is 8.88. The molecule has 4 amide bonds. The molecule has 0 aromatic heterocycles. The van der Waals surface area contributed by atoms with Crippen LogP contribution in [0.5, 0.6) is 5.75 Å². The molecule has 1 saturated heterocycles. The first kappa shape index (κ1) is 19.4. The number of anilines is 1. The maximum Gasteiger partial charge on any atom is 0.325 e. The van der Waals surface area contributed by atoms with Gasteiger partial charge in [0.1, 0.15) is 17.8 Å². The van der Waals surface area contributed by atoms with E-state index in [9.17, 15) is 14.4 Å². The first-order chi connectivity index (χ1) is 13.3. The van der Waals surface area contributed by atoms with Gasteiger partial charge in [0.25, 0.3) is 5.91 Å². The van der Waals surface area contributed by atoms with E-state index in [1.807, 2.05) is 25.1 Å². The van der Waals surface area contributed by atoms with Crippen molar-refractivity contribution in [3.63, 3.8) is 0 Å². The zero-order valence-corrected chi connectivity index (χ0v) is 16.4. The average molecular weight is 381 g/mol. The van der Waals surface area contributed by atoms with Crippen LogP contribution in [0, 0.1) is 6.92 Å². The van der Waals surface area contributed by atoms with Gasteiger partial charge in [-0.05, 0) is 49.2 Å². The molecule has 2 aromatic carbocycles. The van der Waals surface area contributed by atoms with Crippen LogP contribution >= 0.6 is 0 Å². The van der Waals surface area contributed by atoms with Gasteiger partial charge in [-0.1, -0.05) is 24.3 Å². The minimum Gasteiger partial charge on any atom is -0.496 e. The molecular weight excluding hydrogens is 358 g/mol. The average Bonchev–Trinajstić information content (AvgIpc) is 2.92. The molecule has 1 aliphatic heterocycles. The molecule has 1 heterocycles. The predicted molar refractivity (Wildman–Crippen MR) is 105 cm³/mol. The van der Waals surface area contributed by atoms with Crippen LogP contribution in [0.1, 0.15) is 18.1 Å². The number of urea groups is 1. The number of nitrogens with zero attached hydrogens (tertiary/aromatic N) is 2. The van der Waals surface area contributed by atoms with Crippen molar-refractivity contribution in [1.29, 1.82) is 0 Å². The fourth-order valence-electron chi connectivity index (χ4n) is 3.26. The molecule has 1 fully saturated rings. The van der Waals surface area contributed by atoms with Crippen molar-refractivity contribution < 1.29 is 19.1 Å². The lowest BCUT2D eigenvalue weighted by atomic mass is 9.90. The maximum absolute atomic E-state index is 13.0. The second-order valence-electron chi connectivity index (χ2n) is 6.92. The number of imide groups is 1. The van der Waals surface area contributed by atoms with E-state index in [0.29, 0.717) is 17.0 Å². The van der Waals surface area contributed by atoms with E-state index in [2.05, 4.69) is 5.32 Å².